The van der Waals surface area contributed by atoms with Crippen molar-refractivity contribution in [2.45, 2.75) is 6.54 Å². The third-order valence-corrected chi connectivity index (χ3v) is 4.03. The molecule has 0 spiro atoms. The highest BCUT2D eigenvalue weighted by Crippen LogP contribution is 2.25. The summed E-state index contributed by atoms with van der Waals surface area (Å²) in [5.41, 5.74) is 4.16. The molecule has 6 heteroatoms. The van der Waals surface area contributed by atoms with E-state index in [9.17, 15) is 4.79 Å². The van der Waals surface area contributed by atoms with Gasteiger partial charge in [0.05, 0.1) is 0 Å². The summed E-state index contributed by atoms with van der Waals surface area (Å²) in [6.45, 7) is 0.624. The van der Waals surface area contributed by atoms with Crippen LogP contribution in [-0.2, 0) is 13.6 Å². The zero-order valence-corrected chi connectivity index (χ0v) is 13.3. The van der Waals surface area contributed by atoms with Crippen molar-refractivity contribution >= 4 is 34.2 Å². The molecule has 0 aliphatic heterocycles. The summed E-state index contributed by atoms with van der Waals surface area (Å²) in [7, 11) is 1.99. The first-order valence-corrected chi connectivity index (χ1v) is 7.48. The number of amides is 1. The number of anilines is 1. The first-order chi connectivity index (χ1) is 11.1. The number of rotatable bonds is 4. The molecule has 0 saturated carbocycles. The molecular weight excluding hydrogens is 314 g/mol. The predicted octanol–water partition coefficient (Wildman–Crippen LogP) is 3.56. The molecule has 0 unspecified atom stereocenters. The number of carbonyl (C=O) groups is 1. The van der Waals surface area contributed by atoms with Gasteiger partial charge in [0.1, 0.15) is 5.82 Å². The number of hydrogen-bond donors (Lipinski definition) is 3. The number of halogens is 1. The minimum atomic E-state index is -0.518. The van der Waals surface area contributed by atoms with Crippen LogP contribution in [-0.4, -0.2) is 15.7 Å². The Hall–Kier alpha value is -2.50. The van der Waals surface area contributed by atoms with Gasteiger partial charge in [-0.2, -0.15) is 0 Å². The molecule has 0 fully saturated rings. The minimum absolute atomic E-state index is 0.412. The molecule has 0 aliphatic rings. The molecule has 0 saturated heterocycles. The maximum Gasteiger partial charge on any atom is 0.274 e. The number of benzene rings is 2. The van der Waals surface area contributed by atoms with Crippen LogP contribution >= 0.6 is 11.6 Å². The molecule has 3 rings (SSSR count). The first kappa shape index (κ1) is 15.4. The van der Waals surface area contributed by atoms with E-state index in [1.165, 1.54) is 0 Å². The lowest BCUT2D eigenvalue weighted by Gasteiger charge is -2.08. The van der Waals surface area contributed by atoms with Crippen LogP contribution in [0.2, 0.25) is 5.02 Å². The molecule has 5 nitrogen and oxygen atoms in total. The summed E-state index contributed by atoms with van der Waals surface area (Å²) in [6.07, 6.45) is 0. The Morgan fingerprint density at radius 1 is 1.17 bits per heavy atom. The molecule has 2 aromatic carbocycles. The number of nitrogens with one attached hydrogen (secondary N) is 2. The van der Waals surface area contributed by atoms with E-state index in [4.69, 9.17) is 16.8 Å². The standard InChI is InChI=1S/C17H16ClN3O2/c1-21-15-7-6-14(18)8-13(15)9-16(21)19-10-11-2-4-12(5-3-11)17(22)20-23/h2-9,19,23H,10H2,1H3,(H,20,22). The zero-order valence-electron chi connectivity index (χ0n) is 12.5. The summed E-state index contributed by atoms with van der Waals surface area (Å²) in [5, 5.41) is 13.8. The monoisotopic (exact) mass is 329 g/mol. The Morgan fingerprint density at radius 2 is 1.91 bits per heavy atom. The highest BCUT2D eigenvalue weighted by molar-refractivity contribution is 6.31. The zero-order chi connectivity index (χ0) is 16.4. The largest absolute Gasteiger partial charge is 0.367 e. The maximum atomic E-state index is 11.3. The molecule has 0 radical (unpaired) electrons. The van der Waals surface area contributed by atoms with Gasteiger partial charge < -0.3 is 9.88 Å². The Labute approximate surface area is 138 Å². The Bertz CT molecular complexity index is 856. The lowest BCUT2D eigenvalue weighted by Crippen LogP contribution is -2.18. The molecule has 0 bridgehead atoms. The lowest BCUT2D eigenvalue weighted by atomic mass is 10.1. The van der Waals surface area contributed by atoms with Crippen molar-refractivity contribution < 1.29 is 10.0 Å². The quantitative estimate of drug-likeness (QED) is 0.506. The predicted molar refractivity (Wildman–Crippen MR) is 91.0 cm³/mol. The van der Waals surface area contributed by atoms with Crippen molar-refractivity contribution in [2.75, 3.05) is 5.32 Å². The fourth-order valence-corrected chi connectivity index (χ4v) is 2.70. The van der Waals surface area contributed by atoms with Crippen LogP contribution in [0.15, 0.2) is 48.5 Å². The highest BCUT2D eigenvalue weighted by Gasteiger charge is 2.07. The second kappa shape index (κ2) is 6.32. The molecule has 118 valence electrons. The van der Waals surface area contributed by atoms with Crippen LogP contribution in [0.25, 0.3) is 10.9 Å². The summed E-state index contributed by atoms with van der Waals surface area (Å²) < 4.78 is 2.07. The lowest BCUT2D eigenvalue weighted by molar-refractivity contribution is 0.0706. The summed E-state index contributed by atoms with van der Waals surface area (Å²) in [5.74, 6) is 0.467. The fraction of sp³-hybridized carbons (Fsp3) is 0.118. The molecule has 3 N–H and O–H groups in total. The highest BCUT2D eigenvalue weighted by atomic mass is 35.5. The normalized spacial score (nSPS) is 10.7. The second-order valence-corrected chi connectivity index (χ2v) is 5.72. The van der Waals surface area contributed by atoms with E-state index in [0.29, 0.717) is 17.1 Å². The summed E-state index contributed by atoms with van der Waals surface area (Å²) in [6, 6.07) is 14.9. The Balaban J connectivity index is 1.75. The van der Waals surface area contributed by atoms with Gasteiger partial charge >= 0.3 is 0 Å². The maximum absolute atomic E-state index is 11.3. The van der Waals surface area contributed by atoms with Crippen molar-refractivity contribution in [2.24, 2.45) is 7.05 Å². The Morgan fingerprint density at radius 3 is 2.61 bits per heavy atom. The fourth-order valence-electron chi connectivity index (χ4n) is 2.52. The van der Waals surface area contributed by atoms with Gasteiger partial charge in [-0.15, -0.1) is 0 Å². The van der Waals surface area contributed by atoms with E-state index < -0.39 is 5.91 Å². The molecule has 3 aromatic rings. The van der Waals surface area contributed by atoms with Crippen LogP contribution < -0.4 is 10.8 Å². The number of carbonyl (C=O) groups excluding carboxylic acids is 1. The molecule has 1 heterocycles. The van der Waals surface area contributed by atoms with E-state index in [1.807, 2.05) is 37.4 Å². The first-order valence-electron chi connectivity index (χ1n) is 7.10. The van der Waals surface area contributed by atoms with E-state index in [0.717, 1.165) is 22.3 Å². The van der Waals surface area contributed by atoms with Gasteiger partial charge in [0.15, 0.2) is 0 Å². The van der Waals surface area contributed by atoms with Gasteiger partial charge in [-0.3, -0.25) is 10.0 Å². The summed E-state index contributed by atoms with van der Waals surface area (Å²) in [4.78, 5) is 11.3. The van der Waals surface area contributed by atoms with E-state index in [1.54, 1.807) is 17.6 Å². The van der Waals surface area contributed by atoms with Crippen LogP contribution in [0.5, 0.6) is 0 Å². The van der Waals surface area contributed by atoms with Gasteiger partial charge in [0.2, 0.25) is 0 Å². The molecule has 0 aliphatic carbocycles. The van der Waals surface area contributed by atoms with Crippen molar-refractivity contribution in [3.8, 4) is 0 Å². The number of nitrogens with zero attached hydrogens (tertiary/aromatic N) is 1. The number of aryl methyl sites for hydroxylation is 1. The van der Waals surface area contributed by atoms with Gasteiger partial charge in [-0.25, -0.2) is 5.48 Å². The average molecular weight is 330 g/mol. The van der Waals surface area contributed by atoms with Crippen LogP contribution in [0.1, 0.15) is 15.9 Å². The number of hydroxylamine groups is 1. The molecular formula is C17H16ClN3O2. The number of aromatic nitrogens is 1. The van der Waals surface area contributed by atoms with Gasteiger partial charge in [-0.1, -0.05) is 23.7 Å². The minimum Gasteiger partial charge on any atom is -0.367 e. The molecule has 23 heavy (non-hydrogen) atoms. The van der Waals surface area contributed by atoms with Crippen molar-refractivity contribution in [3.05, 3.63) is 64.7 Å². The second-order valence-electron chi connectivity index (χ2n) is 5.28. The smallest absolute Gasteiger partial charge is 0.274 e. The Kier molecular flexibility index (Phi) is 4.23. The molecule has 1 aromatic heterocycles. The van der Waals surface area contributed by atoms with Crippen LogP contribution in [0.4, 0.5) is 5.82 Å². The van der Waals surface area contributed by atoms with E-state index in [2.05, 4.69) is 16.0 Å². The van der Waals surface area contributed by atoms with Crippen molar-refractivity contribution in [1.82, 2.24) is 10.0 Å². The van der Waals surface area contributed by atoms with Crippen molar-refractivity contribution in [3.63, 3.8) is 0 Å². The number of fused-ring (bicyclic) bond motifs is 1. The third kappa shape index (κ3) is 3.16. The van der Waals surface area contributed by atoms with E-state index >= 15 is 0 Å². The summed E-state index contributed by atoms with van der Waals surface area (Å²) >= 11 is 6.03. The van der Waals surface area contributed by atoms with Crippen LogP contribution in [0.3, 0.4) is 0 Å². The number of hydrogen-bond acceptors (Lipinski definition) is 3. The van der Waals surface area contributed by atoms with Crippen molar-refractivity contribution in [1.29, 1.82) is 0 Å². The van der Waals surface area contributed by atoms with Gasteiger partial charge in [0.25, 0.3) is 5.91 Å². The molecule has 0 atom stereocenters. The topological polar surface area (TPSA) is 66.3 Å². The van der Waals surface area contributed by atoms with Gasteiger partial charge in [0, 0.05) is 35.1 Å². The third-order valence-electron chi connectivity index (χ3n) is 3.80. The molecule has 1 amide bonds. The SMILES string of the molecule is Cn1c(NCc2ccc(C(=O)NO)cc2)cc2cc(Cl)ccc21. The van der Waals surface area contributed by atoms with E-state index in [-0.39, 0.29) is 0 Å². The average Bonchev–Trinajstić information content (AvgIpc) is 2.88. The van der Waals surface area contributed by atoms with Gasteiger partial charge in [-0.05, 0) is 42.0 Å². The van der Waals surface area contributed by atoms with Crippen LogP contribution in [0, 0.1) is 0 Å².